The van der Waals surface area contributed by atoms with Crippen molar-refractivity contribution in [3.63, 3.8) is 0 Å². The Morgan fingerprint density at radius 3 is 2.15 bits per heavy atom. The highest BCUT2D eigenvalue weighted by Crippen LogP contribution is 2.51. The van der Waals surface area contributed by atoms with Gasteiger partial charge in [-0.05, 0) is 24.7 Å². The van der Waals surface area contributed by atoms with E-state index in [0.717, 1.165) is 6.42 Å². The second kappa shape index (κ2) is 3.32. The largest absolute Gasteiger partial charge is 0.353 e. The lowest BCUT2D eigenvalue weighted by Gasteiger charge is -2.17. The zero-order valence-electron chi connectivity index (χ0n) is 9.35. The molecule has 0 heterocycles. The van der Waals surface area contributed by atoms with E-state index in [1.54, 1.807) is 0 Å². The normalized spacial score (nSPS) is 27.1. The maximum Gasteiger partial charge on any atom is 0.223 e. The summed E-state index contributed by atoms with van der Waals surface area (Å²) in [6.45, 7) is 10.6. The van der Waals surface area contributed by atoms with Crippen LogP contribution in [0.1, 0.15) is 41.0 Å². The van der Waals surface area contributed by atoms with Crippen molar-refractivity contribution < 1.29 is 4.79 Å². The van der Waals surface area contributed by atoms with Gasteiger partial charge in [0.2, 0.25) is 5.91 Å². The molecule has 1 rings (SSSR count). The van der Waals surface area contributed by atoms with Crippen LogP contribution in [0.4, 0.5) is 0 Å². The Morgan fingerprint density at radius 1 is 1.38 bits per heavy atom. The standard InChI is InChI=1S/C11H21NO/c1-7(2)8(3)12-10(13)9-6-11(9,4)5/h7-9H,6H2,1-5H3,(H,12,13)/t8-,9+/m0/s1. The summed E-state index contributed by atoms with van der Waals surface area (Å²) in [6, 6.07) is 0.295. The Labute approximate surface area is 81.1 Å². The third-order valence-corrected chi connectivity index (χ3v) is 3.20. The van der Waals surface area contributed by atoms with E-state index in [1.807, 2.05) is 0 Å². The van der Waals surface area contributed by atoms with E-state index in [-0.39, 0.29) is 17.2 Å². The molecular weight excluding hydrogens is 162 g/mol. The number of rotatable bonds is 3. The van der Waals surface area contributed by atoms with E-state index in [0.29, 0.717) is 12.0 Å². The van der Waals surface area contributed by atoms with Gasteiger partial charge in [-0.15, -0.1) is 0 Å². The number of carbonyl (C=O) groups is 1. The summed E-state index contributed by atoms with van der Waals surface area (Å²) in [4.78, 5) is 11.6. The molecular formula is C11H21NO. The first kappa shape index (κ1) is 10.6. The molecule has 0 bridgehead atoms. The summed E-state index contributed by atoms with van der Waals surface area (Å²) in [5.74, 6) is 1.02. The van der Waals surface area contributed by atoms with E-state index in [1.165, 1.54) is 0 Å². The minimum Gasteiger partial charge on any atom is -0.353 e. The van der Waals surface area contributed by atoms with Crippen molar-refractivity contribution in [1.82, 2.24) is 5.32 Å². The quantitative estimate of drug-likeness (QED) is 0.714. The Morgan fingerprint density at radius 2 is 1.85 bits per heavy atom. The molecule has 0 saturated heterocycles. The fourth-order valence-corrected chi connectivity index (χ4v) is 1.41. The molecule has 0 aromatic rings. The van der Waals surface area contributed by atoms with Crippen molar-refractivity contribution in [1.29, 1.82) is 0 Å². The Kier molecular flexibility index (Phi) is 2.69. The van der Waals surface area contributed by atoms with Gasteiger partial charge < -0.3 is 5.32 Å². The molecule has 0 radical (unpaired) electrons. The van der Waals surface area contributed by atoms with E-state index in [2.05, 4.69) is 39.9 Å². The minimum absolute atomic E-state index is 0.242. The van der Waals surface area contributed by atoms with Crippen molar-refractivity contribution in [2.75, 3.05) is 0 Å². The van der Waals surface area contributed by atoms with Crippen LogP contribution in [0.15, 0.2) is 0 Å². The first-order valence-corrected chi connectivity index (χ1v) is 5.15. The molecule has 0 unspecified atom stereocenters. The Balaban J connectivity index is 2.35. The molecule has 2 nitrogen and oxygen atoms in total. The van der Waals surface area contributed by atoms with Gasteiger partial charge in [0.1, 0.15) is 0 Å². The summed E-state index contributed by atoms with van der Waals surface area (Å²) < 4.78 is 0. The van der Waals surface area contributed by atoms with E-state index in [9.17, 15) is 4.79 Å². The van der Waals surface area contributed by atoms with Crippen LogP contribution in [0.5, 0.6) is 0 Å². The third-order valence-electron chi connectivity index (χ3n) is 3.20. The summed E-state index contributed by atoms with van der Waals surface area (Å²) in [7, 11) is 0. The zero-order chi connectivity index (χ0) is 10.2. The first-order valence-electron chi connectivity index (χ1n) is 5.15. The molecule has 13 heavy (non-hydrogen) atoms. The van der Waals surface area contributed by atoms with Crippen molar-refractivity contribution in [2.24, 2.45) is 17.3 Å². The molecule has 0 aromatic carbocycles. The van der Waals surface area contributed by atoms with Crippen molar-refractivity contribution in [2.45, 2.75) is 47.1 Å². The van der Waals surface area contributed by atoms with Gasteiger partial charge in [-0.3, -0.25) is 4.79 Å². The molecule has 1 amide bonds. The fourth-order valence-electron chi connectivity index (χ4n) is 1.41. The van der Waals surface area contributed by atoms with E-state index >= 15 is 0 Å². The van der Waals surface area contributed by atoms with Gasteiger partial charge in [0.05, 0.1) is 0 Å². The molecule has 2 heteroatoms. The molecule has 1 aliphatic carbocycles. The highest BCUT2D eigenvalue weighted by Gasteiger charge is 2.50. The Hall–Kier alpha value is -0.530. The maximum absolute atomic E-state index is 11.6. The van der Waals surface area contributed by atoms with Crippen LogP contribution in [-0.2, 0) is 4.79 Å². The first-order chi connectivity index (χ1) is 5.84. The predicted molar refractivity (Wildman–Crippen MR) is 54.3 cm³/mol. The fraction of sp³-hybridized carbons (Fsp3) is 0.909. The second-order valence-electron chi connectivity index (χ2n) is 5.29. The van der Waals surface area contributed by atoms with E-state index in [4.69, 9.17) is 0 Å². The average molecular weight is 183 g/mol. The van der Waals surface area contributed by atoms with Crippen molar-refractivity contribution in [3.05, 3.63) is 0 Å². The zero-order valence-corrected chi connectivity index (χ0v) is 9.35. The highest BCUT2D eigenvalue weighted by atomic mass is 16.2. The van der Waals surface area contributed by atoms with Crippen LogP contribution in [-0.4, -0.2) is 11.9 Å². The van der Waals surface area contributed by atoms with Gasteiger partial charge in [-0.1, -0.05) is 27.7 Å². The summed E-state index contributed by atoms with van der Waals surface area (Å²) in [5, 5.41) is 3.06. The third kappa shape index (κ3) is 2.45. The Bertz CT molecular complexity index is 208. The number of carbonyl (C=O) groups excluding carboxylic acids is 1. The monoisotopic (exact) mass is 183 g/mol. The van der Waals surface area contributed by atoms with Crippen molar-refractivity contribution in [3.8, 4) is 0 Å². The molecule has 1 aliphatic rings. The SMILES string of the molecule is CC(C)[C@H](C)NC(=O)[C@H]1CC1(C)C. The highest BCUT2D eigenvalue weighted by molar-refractivity contribution is 5.82. The van der Waals surface area contributed by atoms with Crippen LogP contribution in [0.2, 0.25) is 0 Å². The number of nitrogens with one attached hydrogen (secondary N) is 1. The lowest BCUT2D eigenvalue weighted by atomic mass is 10.1. The van der Waals surface area contributed by atoms with Crippen molar-refractivity contribution >= 4 is 5.91 Å². The summed E-state index contributed by atoms with van der Waals surface area (Å²) in [6.07, 6.45) is 1.05. The molecule has 0 spiro atoms. The summed E-state index contributed by atoms with van der Waals surface area (Å²) >= 11 is 0. The van der Waals surface area contributed by atoms with Gasteiger partial charge in [-0.2, -0.15) is 0 Å². The summed E-state index contributed by atoms with van der Waals surface area (Å²) in [5.41, 5.74) is 0.251. The number of amides is 1. The molecule has 1 fully saturated rings. The number of hydrogen-bond donors (Lipinski definition) is 1. The van der Waals surface area contributed by atoms with Crippen LogP contribution in [0, 0.1) is 17.3 Å². The molecule has 2 atom stereocenters. The minimum atomic E-state index is 0.242. The molecule has 76 valence electrons. The molecule has 0 aliphatic heterocycles. The smallest absolute Gasteiger partial charge is 0.223 e. The predicted octanol–water partition coefficient (Wildman–Crippen LogP) is 2.19. The number of hydrogen-bond acceptors (Lipinski definition) is 1. The molecule has 0 aromatic heterocycles. The van der Waals surface area contributed by atoms with Gasteiger partial charge in [0, 0.05) is 12.0 Å². The van der Waals surface area contributed by atoms with Gasteiger partial charge >= 0.3 is 0 Å². The maximum atomic E-state index is 11.6. The van der Waals surface area contributed by atoms with E-state index < -0.39 is 0 Å². The van der Waals surface area contributed by atoms with Crippen LogP contribution in [0.3, 0.4) is 0 Å². The molecule has 1 N–H and O–H groups in total. The average Bonchev–Trinajstić information content (AvgIpc) is 2.59. The molecule has 1 saturated carbocycles. The topological polar surface area (TPSA) is 29.1 Å². The lowest BCUT2D eigenvalue weighted by molar-refractivity contribution is -0.123. The second-order valence-corrected chi connectivity index (χ2v) is 5.29. The van der Waals surface area contributed by atoms with Crippen LogP contribution >= 0.6 is 0 Å². The lowest BCUT2D eigenvalue weighted by Crippen LogP contribution is -2.37. The van der Waals surface area contributed by atoms with Gasteiger partial charge in [-0.25, -0.2) is 0 Å². The van der Waals surface area contributed by atoms with Gasteiger partial charge in [0.15, 0.2) is 0 Å². The van der Waals surface area contributed by atoms with Gasteiger partial charge in [0.25, 0.3) is 0 Å². The van der Waals surface area contributed by atoms with Crippen LogP contribution in [0.25, 0.3) is 0 Å². The van der Waals surface area contributed by atoms with Crippen LogP contribution < -0.4 is 5.32 Å².